The van der Waals surface area contributed by atoms with E-state index in [1.165, 1.54) is 11.3 Å². The number of ether oxygens (including phenoxy) is 1. The maximum atomic E-state index is 13.1. The second-order valence-corrected chi connectivity index (χ2v) is 10.8. The van der Waals surface area contributed by atoms with E-state index >= 15 is 0 Å². The van der Waals surface area contributed by atoms with Crippen molar-refractivity contribution in [2.75, 3.05) is 26.2 Å². The predicted molar refractivity (Wildman–Crippen MR) is 154 cm³/mol. The lowest BCUT2D eigenvalue weighted by molar-refractivity contribution is 0.0628. The first-order chi connectivity index (χ1) is 18.4. The lowest BCUT2D eigenvalue weighted by Crippen LogP contribution is -2.48. The molecule has 38 heavy (non-hydrogen) atoms. The second-order valence-electron chi connectivity index (χ2n) is 9.53. The number of piperazine rings is 1. The van der Waals surface area contributed by atoms with Crippen LogP contribution in [0, 0.1) is 13.8 Å². The first-order valence-electron chi connectivity index (χ1n) is 12.7. The molecule has 0 bridgehead atoms. The van der Waals surface area contributed by atoms with E-state index in [1.54, 1.807) is 6.07 Å². The summed E-state index contributed by atoms with van der Waals surface area (Å²) in [7, 11) is 0. The maximum Gasteiger partial charge on any atom is 0.253 e. The van der Waals surface area contributed by atoms with Gasteiger partial charge in [0.15, 0.2) is 0 Å². The Bertz CT molecular complexity index is 1410. The fourth-order valence-corrected chi connectivity index (χ4v) is 5.46. The molecule has 0 radical (unpaired) electrons. The van der Waals surface area contributed by atoms with E-state index < -0.39 is 0 Å². The Morgan fingerprint density at radius 3 is 2.37 bits per heavy atom. The summed E-state index contributed by atoms with van der Waals surface area (Å²) in [4.78, 5) is 17.5. The molecule has 4 aromatic rings. The molecule has 8 heteroatoms. The van der Waals surface area contributed by atoms with E-state index in [2.05, 4.69) is 46.8 Å². The summed E-state index contributed by atoms with van der Waals surface area (Å²) in [6.07, 6.45) is 0. The minimum Gasteiger partial charge on any atom is -0.487 e. The molecule has 0 unspecified atom stereocenters. The molecule has 0 aliphatic carbocycles. The van der Waals surface area contributed by atoms with Crippen LogP contribution in [0.5, 0.6) is 5.75 Å². The van der Waals surface area contributed by atoms with Crippen LogP contribution >= 0.6 is 27.5 Å². The van der Waals surface area contributed by atoms with Crippen molar-refractivity contribution in [3.05, 3.63) is 110 Å². The Kier molecular flexibility index (Phi) is 8.17. The molecule has 0 saturated carbocycles. The molecule has 0 atom stereocenters. The highest BCUT2D eigenvalue weighted by atomic mass is 79.9. The average Bonchev–Trinajstić information content (AvgIpc) is 3.22. The first-order valence-corrected chi connectivity index (χ1v) is 13.8. The van der Waals surface area contributed by atoms with E-state index in [-0.39, 0.29) is 5.91 Å². The molecule has 2 heterocycles. The quantitative estimate of drug-likeness (QED) is 0.247. The third kappa shape index (κ3) is 5.96. The Balaban J connectivity index is 1.15. The third-order valence-electron chi connectivity index (χ3n) is 6.97. The van der Waals surface area contributed by atoms with Gasteiger partial charge >= 0.3 is 0 Å². The molecule has 5 rings (SSSR count). The van der Waals surface area contributed by atoms with Crippen LogP contribution < -0.4 is 4.74 Å². The lowest BCUT2D eigenvalue weighted by atomic mass is 10.1. The highest BCUT2D eigenvalue weighted by molar-refractivity contribution is 9.10. The lowest BCUT2D eigenvalue weighted by Gasteiger charge is -2.34. The van der Waals surface area contributed by atoms with Gasteiger partial charge in [0.2, 0.25) is 0 Å². The molecule has 3 aromatic carbocycles. The van der Waals surface area contributed by atoms with Crippen molar-refractivity contribution in [3.8, 4) is 11.4 Å². The van der Waals surface area contributed by atoms with E-state index in [4.69, 9.17) is 21.4 Å². The highest BCUT2D eigenvalue weighted by Gasteiger charge is 2.24. The number of rotatable bonds is 7. The van der Waals surface area contributed by atoms with Crippen LogP contribution in [-0.2, 0) is 13.2 Å². The molecule has 1 amide bonds. The number of carbonyl (C=O) groups is 1. The number of hydrogen-bond acceptors (Lipinski definition) is 4. The van der Waals surface area contributed by atoms with Crippen LogP contribution in [0.1, 0.15) is 32.9 Å². The summed E-state index contributed by atoms with van der Waals surface area (Å²) in [5.74, 6) is 0.697. The second kappa shape index (κ2) is 11.7. The van der Waals surface area contributed by atoms with Crippen molar-refractivity contribution < 1.29 is 9.53 Å². The predicted octanol–water partition coefficient (Wildman–Crippen LogP) is 6.44. The zero-order chi connectivity index (χ0) is 26.6. The first kappa shape index (κ1) is 26.5. The summed E-state index contributed by atoms with van der Waals surface area (Å²) < 4.78 is 8.76. The van der Waals surface area contributed by atoms with Gasteiger partial charge in [0.25, 0.3) is 5.91 Å². The van der Waals surface area contributed by atoms with Crippen LogP contribution in [0.15, 0.2) is 77.3 Å². The number of carbonyl (C=O) groups excluding carboxylic acids is 1. The highest BCUT2D eigenvalue weighted by Crippen LogP contribution is 2.28. The summed E-state index contributed by atoms with van der Waals surface area (Å²) in [6.45, 7) is 8.50. The van der Waals surface area contributed by atoms with Crippen LogP contribution in [-0.4, -0.2) is 51.7 Å². The van der Waals surface area contributed by atoms with Crippen molar-refractivity contribution in [3.63, 3.8) is 0 Å². The summed E-state index contributed by atoms with van der Waals surface area (Å²) in [5.41, 5.74) is 6.22. The molecule has 1 fully saturated rings. The molecule has 1 saturated heterocycles. The number of hydrogen-bond donors (Lipinski definition) is 0. The van der Waals surface area contributed by atoms with E-state index in [1.807, 2.05) is 64.2 Å². The molecule has 0 spiro atoms. The van der Waals surface area contributed by atoms with Gasteiger partial charge in [-0.2, -0.15) is 5.10 Å². The van der Waals surface area contributed by atoms with Crippen LogP contribution in [0.4, 0.5) is 0 Å². The van der Waals surface area contributed by atoms with Crippen LogP contribution in [0.25, 0.3) is 5.69 Å². The van der Waals surface area contributed by atoms with Crippen molar-refractivity contribution >= 4 is 33.4 Å². The number of halogens is 2. The van der Waals surface area contributed by atoms with Gasteiger partial charge in [-0.25, -0.2) is 4.68 Å². The molecule has 6 nitrogen and oxygen atoms in total. The molecule has 1 aliphatic rings. The van der Waals surface area contributed by atoms with Gasteiger partial charge in [-0.15, -0.1) is 0 Å². The summed E-state index contributed by atoms with van der Waals surface area (Å²) >= 11 is 9.63. The normalized spacial score (nSPS) is 14.1. The Morgan fingerprint density at radius 1 is 0.974 bits per heavy atom. The molecular formula is C30H30BrClN4O2. The third-order valence-corrected chi connectivity index (χ3v) is 7.76. The molecule has 196 valence electrons. The van der Waals surface area contributed by atoms with Crippen molar-refractivity contribution in [2.45, 2.75) is 27.0 Å². The van der Waals surface area contributed by atoms with Gasteiger partial charge in [-0.05, 0) is 61.9 Å². The van der Waals surface area contributed by atoms with Gasteiger partial charge in [-0.1, -0.05) is 57.9 Å². The van der Waals surface area contributed by atoms with Crippen molar-refractivity contribution in [1.82, 2.24) is 19.6 Å². The van der Waals surface area contributed by atoms with E-state index in [0.29, 0.717) is 36.0 Å². The fourth-order valence-electron chi connectivity index (χ4n) is 4.74. The van der Waals surface area contributed by atoms with E-state index in [9.17, 15) is 4.79 Å². The molecular weight excluding hydrogens is 564 g/mol. The van der Waals surface area contributed by atoms with E-state index in [0.717, 1.165) is 41.1 Å². The number of nitrogens with zero attached hydrogens (tertiary/aromatic N) is 4. The fraction of sp³-hybridized carbons (Fsp3) is 0.267. The topological polar surface area (TPSA) is 50.6 Å². The SMILES string of the molecule is Cc1nn(-c2ccccc2)c(C)c1CN1CCN(C(=O)c2ccc(COc3ccc(Br)cc3Cl)cc2)CC1. The number of para-hydroxylation sites is 1. The molecule has 1 aromatic heterocycles. The van der Waals surface area contributed by atoms with Gasteiger partial charge in [0, 0.05) is 54.0 Å². The minimum atomic E-state index is 0.0670. The minimum absolute atomic E-state index is 0.0670. The van der Waals surface area contributed by atoms with Gasteiger partial charge in [0.1, 0.15) is 12.4 Å². The zero-order valence-electron chi connectivity index (χ0n) is 21.5. The van der Waals surface area contributed by atoms with Crippen LogP contribution in [0.2, 0.25) is 5.02 Å². The standard InChI is InChI=1S/C30H30BrClN4O2/c1-21-27(22(2)36(33-21)26-6-4-3-5-7-26)19-34-14-16-35(17-15-34)30(37)24-10-8-23(9-11-24)20-38-29-13-12-25(31)18-28(29)32/h3-13,18H,14-17,19-20H2,1-2H3. The Hall–Kier alpha value is -3.13. The number of aromatic nitrogens is 2. The molecule has 1 aliphatic heterocycles. The summed E-state index contributed by atoms with van der Waals surface area (Å²) in [6, 6.07) is 23.4. The van der Waals surface area contributed by atoms with Crippen LogP contribution in [0.3, 0.4) is 0 Å². The Labute approximate surface area is 236 Å². The maximum absolute atomic E-state index is 13.1. The van der Waals surface area contributed by atoms with Gasteiger partial charge < -0.3 is 9.64 Å². The van der Waals surface area contributed by atoms with Crippen molar-refractivity contribution in [1.29, 1.82) is 0 Å². The number of aryl methyl sites for hydroxylation is 1. The molecule has 0 N–H and O–H groups in total. The van der Waals surface area contributed by atoms with Gasteiger partial charge in [-0.3, -0.25) is 9.69 Å². The average molecular weight is 594 g/mol. The smallest absolute Gasteiger partial charge is 0.253 e. The zero-order valence-corrected chi connectivity index (χ0v) is 23.9. The largest absolute Gasteiger partial charge is 0.487 e. The van der Waals surface area contributed by atoms with Gasteiger partial charge in [0.05, 0.1) is 16.4 Å². The number of benzene rings is 3. The Morgan fingerprint density at radius 2 is 1.68 bits per heavy atom. The van der Waals surface area contributed by atoms with Crippen molar-refractivity contribution in [2.24, 2.45) is 0 Å². The number of amides is 1. The summed E-state index contributed by atoms with van der Waals surface area (Å²) in [5, 5.41) is 5.34. The monoisotopic (exact) mass is 592 g/mol.